The van der Waals surface area contributed by atoms with E-state index < -0.39 is 11.7 Å². The van der Waals surface area contributed by atoms with Gasteiger partial charge in [-0.25, -0.2) is 0 Å². The molecule has 0 saturated heterocycles. The van der Waals surface area contributed by atoms with Crippen molar-refractivity contribution < 1.29 is 15.0 Å². The maximum absolute atomic E-state index is 11.3. The molecule has 0 spiro atoms. The average molecular weight is 250 g/mol. The van der Waals surface area contributed by atoms with Crippen LogP contribution in [-0.4, -0.2) is 27.7 Å². The predicted molar refractivity (Wildman–Crippen MR) is 68.7 cm³/mol. The molecule has 4 atom stereocenters. The number of carbonyl (C=O) groups excluding carboxylic acids is 1. The van der Waals surface area contributed by atoms with Crippen LogP contribution in [0.15, 0.2) is 0 Å². The Bertz CT molecular complexity index is 379. The lowest BCUT2D eigenvalue weighted by atomic mass is 9.71. The molecule has 3 nitrogen and oxygen atoms in total. The molecule has 0 aromatic carbocycles. The number of ketones is 1. The lowest BCUT2D eigenvalue weighted by Crippen LogP contribution is -2.50. The lowest BCUT2D eigenvalue weighted by molar-refractivity contribution is -0.152. The normalized spacial score (nSPS) is 35.4. The van der Waals surface area contributed by atoms with E-state index in [1.54, 1.807) is 0 Å². The summed E-state index contributed by atoms with van der Waals surface area (Å²) >= 11 is 0. The smallest absolute Gasteiger partial charge is 0.141 e. The molecule has 2 aliphatic rings. The first-order valence-corrected chi connectivity index (χ1v) is 6.99. The summed E-state index contributed by atoms with van der Waals surface area (Å²) in [5, 5.41) is 19.8. The highest BCUT2D eigenvalue weighted by molar-refractivity contribution is 5.90. The van der Waals surface area contributed by atoms with Gasteiger partial charge in [-0.3, -0.25) is 4.79 Å². The molecule has 2 aliphatic carbocycles. The number of hydrogen-bond donors (Lipinski definition) is 2. The van der Waals surface area contributed by atoms with Crippen LogP contribution in [-0.2, 0) is 4.79 Å². The van der Waals surface area contributed by atoms with E-state index in [1.165, 1.54) is 0 Å². The van der Waals surface area contributed by atoms with Crippen LogP contribution in [0.3, 0.4) is 0 Å². The van der Waals surface area contributed by atoms with Gasteiger partial charge >= 0.3 is 0 Å². The fourth-order valence-corrected chi connectivity index (χ4v) is 3.06. The van der Waals surface area contributed by atoms with Crippen molar-refractivity contribution in [1.29, 1.82) is 0 Å². The van der Waals surface area contributed by atoms with Crippen LogP contribution in [0.25, 0.3) is 0 Å². The van der Waals surface area contributed by atoms with Gasteiger partial charge < -0.3 is 10.2 Å². The molecule has 18 heavy (non-hydrogen) atoms. The summed E-state index contributed by atoms with van der Waals surface area (Å²) in [6.07, 6.45) is 5.00. The summed E-state index contributed by atoms with van der Waals surface area (Å²) in [6, 6.07) is 0. The Morgan fingerprint density at radius 1 is 1.50 bits per heavy atom. The standard InChI is InChI=1S/C15H22O3/c1-2-3-4-5-12(16)7-6-11-8-13-14(17)10-15(13,18)9-11/h11-13,16,18H,2-5,8-10H2,1H3. The van der Waals surface area contributed by atoms with E-state index in [9.17, 15) is 15.0 Å². The first kappa shape index (κ1) is 13.6. The molecule has 0 aliphatic heterocycles. The Balaban J connectivity index is 1.79. The third-order valence-electron chi connectivity index (χ3n) is 4.17. The molecular formula is C15H22O3. The highest BCUT2D eigenvalue weighted by Gasteiger charge is 2.57. The van der Waals surface area contributed by atoms with Gasteiger partial charge in [0.15, 0.2) is 0 Å². The molecule has 100 valence electrons. The van der Waals surface area contributed by atoms with Crippen molar-refractivity contribution in [3.63, 3.8) is 0 Å². The summed E-state index contributed by atoms with van der Waals surface area (Å²) in [6.45, 7) is 2.13. The van der Waals surface area contributed by atoms with Crippen molar-refractivity contribution in [3.05, 3.63) is 0 Å². The molecular weight excluding hydrogens is 228 g/mol. The maximum Gasteiger partial charge on any atom is 0.141 e. The number of carbonyl (C=O) groups is 1. The van der Waals surface area contributed by atoms with Gasteiger partial charge in [0, 0.05) is 18.3 Å². The zero-order chi connectivity index (χ0) is 13.2. The van der Waals surface area contributed by atoms with Crippen molar-refractivity contribution in [2.75, 3.05) is 0 Å². The van der Waals surface area contributed by atoms with Gasteiger partial charge in [-0.1, -0.05) is 31.6 Å². The van der Waals surface area contributed by atoms with Gasteiger partial charge in [0.1, 0.15) is 11.9 Å². The lowest BCUT2D eigenvalue weighted by Gasteiger charge is -2.37. The van der Waals surface area contributed by atoms with E-state index in [0.29, 0.717) is 19.3 Å². The van der Waals surface area contributed by atoms with Gasteiger partial charge in [0.25, 0.3) is 0 Å². The van der Waals surface area contributed by atoms with Gasteiger partial charge in [-0.2, -0.15) is 0 Å². The Morgan fingerprint density at radius 2 is 2.28 bits per heavy atom. The fraction of sp³-hybridized carbons (Fsp3) is 0.800. The van der Waals surface area contributed by atoms with Gasteiger partial charge in [-0.05, 0) is 25.7 Å². The molecule has 2 N–H and O–H groups in total. The van der Waals surface area contributed by atoms with E-state index in [0.717, 1.165) is 25.7 Å². The van der Waals surface area contributed by atoms with Crippen LogP contribution in [0.5, 0.6) is 0 Å². The summed E-state index contributed by atoms with van der Waals surface area (Å²) < 4.78 is 0. The van der Waals surface area contributed by atoms with Crippen molar-refractivity contribution >= 4 is 5.78 Å². The van der Waals surface area contributed by atoms with Crippen LogP contribution in [0.1, 0.15) is 51.9 Å². The Morgan fingerprint density at radius 3 is 2.89 bits per heavy atom. The maximum atomic E-state index is 11.3. The van der Waals surface area contributed by atoms with Crippen molar-refractivity contribution in [2.45, 2.75) is 63.6 Å². The molecule has 0 amide bonds. The van der Waals surface area contributed by atoms with E-state index in [2.05, 4.69) is 18.8 Å². The number of hydrogen-bond acceptors (Lipinski definition) is 3. The summed E-state index contributed by atoms with van der Waals surface area (Å²) in [5.41, 5.74) is -0.774. The molecule has 2 saturated carbocycles. The number of unbranched alkanes of at least 4 members (excludes halogenated alkanes) is 2. The van der Waals surface area contributed by atoms with Crippen molar-refractivity contribution in [2.24, 2.45) is 11.8 Å². The van der Waals surface area contributed by atoms with E-state index in [1.807, 2.05) is 0 Å². The zero-order valence-corrected chi connectivity index (χ0v) is 11.0. The molecule has 0 heterocycles. The number of Topliss-reactive ketones (excluding diaryl/α,β-unsaturated/α-hetero) is 1. The van der Waals surface area contributed by atoms with Crippen LogP contribution < -0.4 is 0 Å². The molecule has 0 aromatic rings. The number of aliphatic hydroxyl groups is 2. The highest BCUT2D eigenvalue weighted by atomic mass is 16.3. The number of aliphatic hydroxyl groups excluding tert-OH is 1. The minimum absolute atomic E-state index is 0.0762. The second kappa shape index (κ2) is 5.42. The van der Waals surface area contributed by atoms with Crippen LogP contribution in [0.4, 0.5) is 0 Å². The molecule has 0 bridgehead atoms. The van der Waals surface area contributed by atoms with Crippen LogP contribution >= 0.6 is 0 Å². The Hall–Kier alpha value is -0.850. The second-order valence-electron chi connectivity index (χ2n) is 5.74. The quantitative estimate of drug-likeness (QED) is 0.589. The zero-order valence-electron chi connectivity index (χ0n) is 11.0. The third kappa shape index (κ3) is 2.76. The van der Waals surface area contributed by atoms with Crippen LogP contribution in [0, 0.1) is 23.7 Å². The van der Waals surface area contributed by atoms with E-state index >= 15 is 0 Å². The van der Waals surface area contributed by atoms with Crippen LogP contribution in [0.2, 0.25) is 0 Å². The molecule has 2 fully saturated rings. The second-order valence-corrected chi connectivity index (χ2v) is 5.74. The summed E-state index contributed by atoms with van der Waals surface area (Å²) in [7, 11) is 0. The predicted octanol–water partition coefficient (Wildman–Crippen LogP) is 1.66. The number of fused-ring (bicyclic) bond motifs is 1. The minimum atomic E-state index is -0.774. The topological polar surface area (TPSA) is 57.5 Å². The van der Waals surface area contributed by atoms with Gasteiger partial charge in [0.05, 0.1) is 5.60 Å². The molecule has 0 radical (unpaired) electrons. The molecule has 0 aromatic heterocycles. The summed E-state index contributed by atoms with van der Waals surface area (Å²) in [4.78, 5) is 11.3. The minimum Gasteiger partial charge on any atom is -0.389 e. The van der Waals surface area contributed by atoms with Crippen molar-refractivity contribution in [3.8, 4) is 11.8 Å². The Labute approximate surface area is 109 Å². The van der Waals surface area contributed by atoms with E-state index in [4.69, 9.17) is 0 Å². The first-order valence-electron chi connectivity index (χ1n) is 6.99. The van der Waals surface area contributed by atoms with E-state index in [-0.39, 0.29) is 17.6 Å². The monoisotopic (exact) mass is 250 g/mol. The largest absolute Gasteiger partial charge is 0.389 e. The Kier molecular flexibility index (Phi) is 4.09. The molecule has 3 heteroatoms. The van der Waals surface area contributed by atoms with Gasteiger partial charge in [0.2, 0.25) is 0 Å². The molecule has 2 rings (SSSR count). The average Bonchev–Trinajstić information content (AvgIpc) is 2.58. The molecule has 4 unspecified atom stereocenters. The first-order chi connectivity index (χ1) is 8.55. The van der Waals surface area contributed by atoms with Gasteiger partial charge in [-0.15, -0.1) is 0 Å². The highest BCUT2D eigenvalue weighted by Crippen LogP contribution is 2.50. The SMILES string of the molecule is CCCCCC(O)C#CC1CC2C(=O)CC2(O)C1. The fourth-order valence-electron chi connectivity index (χ4n) is 3.06. The third-order valence-corrected chi connectivity index (χ3v) is 4.17. The summed E-state index contributed by atoms with van der Waals surface area (Å²) in [5.74, 6) is 5.97. The van der Waals surface area contributed by atoms with Crippen molar-refractivity contribution in [1.82, 2.24) is 0 Å². The number of rotatable bonds is 4.